The van der Waals surface area contributed by atoms with E-state index in [0.717, 1.165) is 59.6 Å². The number of nitrogen functional groups attached to an aromatic ring is 1. The molecule has 2 atom stereocenters. The molecule has 31 heavy (non-hydrogen) atoms. The Morgan fingerprint density at radius 3 is 2.81 bits per heavy atom. The van der Waals surface area contributed by atoms with Gasteiger partial charge in [0.25, 0.3) is 0 Å². The minimum atomic E-state index is 0.0583. The number of fused-ring (bicyclic) bond motifs is 1. The molecular formula is C20H25ClN8OS. The average Bonchev–Trinajstić information content (AvgIpc) is 3.35. The van der Waals surface area contributed by atoms with Gasteiger partial charge in [-0.25, -0.2) is 9.97 Å². The van der Waals surface area contributed by atoms with Gasteiger partial charge in [0.2, 0.25) is 5.65 Å². The predicted molar refractivity (Wildman–Crippen MR) is 121 cm³/mol. The summed E-state index contributed by atoms with van der Waals surface area (Å²) >= 11 is 7.83. The minimum absolute atomic E-state index is 0.0583. The van der Waals surface area contributed by atoms with Crippen LogP contribution in [0.2, 0.25) is 5.02 Å². The maximum absolute atomic E-state index is 6.47. The van der Waals surface area contributed by atoms with E-state index in [1.807, 2.05) is 17.4 Å². The zero-order valence-corrected chi connectivity index (χ0v) is 19.0. The average molecular weight is 461 g/mol. The molecule has 2 fully saturated rings. The third-order valence-corrected chi connectivity index (χ3v) is 8.30. The van der Waals surface area contributed by atoms with Crippen molar-refractivity contribution in [3.05, 3.63) is 29.3 Å². The number of aryl methyl sites for hydroxylation is 1. The van der Waals surface area contributed by atoms with E-state index in [2.05, 4.69) is 27.0 Å². The molecule has 2 saturated heterocycles. The Labute approximate surface area is 189 Å². The summed E-state index contributed by atoms with van der Waals surface area (Å²) < 4.78 is 7.82. The van der Waals surface area contributed by atoms with Crippen LogP contribution in [0.25, 0.3) is 5.65 Å². The Kier molecular flexibility index (Phi) is 5.20. The lowest BCUT2D eigenvalue weighted by Gasteiger charge is -2.41. The topological polar surface area (TPSA) is 120 Å². The van der Waals surface area contributed by atoms with Crippen molar-refractivity contribution in [3.63, 3.8) is 0 Å². The number of piperidine rings is 1. The van der Waals surface area contributed by atoms with Crippen LogP contribution in [0.1, 0.15) is 25.5 Å². The van der Waals surface area contributed by atoms with E-state index >= 15 is 0 Å². The number of halogens is 1. The highest BCUT2D eigenvalue weighted by atomic mass is 35.5. The molecule has 0 unspecified atom stereocenters. The quantitative estimate of drug-likeness (QED) is 0.607. The second-order valence-corrected chi connectivity index (χ2v) is 9.76. The number of aromatic nitrogens is 5. The summed E-state index contributed by atoms with van der Waals surface area (Å²) in [5, 5.41) is 9.85. The number of nitrogens with two attached hydrogens (primary N) is 2. The number of rotatable bonds is 3. The lowest BCUT2D eigenvalue weighted by Crippen LogP contribution is -2.50. The fourth-order valence-electron chi connectivity index (χ4n) is 4.56. The zero-order chi connectivity index (χ0) is 21.8. The number of ether oxygens (including phenoxy) is 1. The van der Waals surface area contributed by atoms with Crippen molar-refractivity contribution in [2.75, 3.05) is 30.3 Å². The van der Waals surface area contributed by atoms with Crippen molar-refractivity contribution in [3.8, 4) is 0 Å². The third-order valence-electron chi connectivity index (χ3n) is 6.54. The van der Waals surface area contributed by atoms with E-state index < -0.39 is 0 Å². The number of hydrogen-bond acceptors (Lipinski definition) is 9. The molecule has 0 radical (unpaired) electrons. The van der Waals surface area contributed by atoms with Gasteiger partial charge in [0, 0.05) is 35.6 Å². The lowest BCUT2D eigenvalue weighted by atomic mass is 9.73. The molecule has 5 heterocycles. The molecule has 1 spiro atoms. The molecule has 3 aromatic rings. The van der Waals surface area contributed by atoms with E-state index in [1.165, 1.54) is 11.8 Å². The normalized spacial score (nSPS) is 23.2. The first-order valence-electron chi connectivity index (χ1n) is 10.3. The summed E-state index contributed by atoms with van der Waals surface area (Å²) in [6.07, 6.45) is 5.42. The Morgan fingerprint density at radius 1 is 1.32 bits per heavy atom. The third kappa shape index (κ3) is 3.42. The Bertz CT molecular complexity index is 1130. The fourth-order valence-corrected chi connectivity index (χ4v) is 5.75. The molecule has 9 nitrogen and oxygen atoms in total. The molecule has 2 aliphatic heterocycles. The minimum Gasteiger partial charge on any atom is -0.382 e. The molecule has 11 heteroatoms. The van der Waals surface area contributed by atoms with Gasteiger partial charge in [0.1, 0.15) is 17.2 Å². The van der Waals surface area contributed by atoms with Crippen molar-refractivity contribution < 1.29 is 4.74 Å². The predicted octanol–water partition coefficient (Wildman–Crippen LogP) is 2.55. The van der Waals surface area contributed by atoms with Crippen molar-refractivity contribution in [2.24, 2.45) is 11.1 Å². The standard InChI is InChI=1S/C20H25ClN8OS/c1-11-19(31-13-3-6-24-16(23)14(13)21)29-10-25-27-18(29)17(26-11)28-7-4-20(5-8-28)9-30-12(2)15(20)22/h3,6,10,12,15H,4-5,7-9,22H2,1-2H3,(H2,23,24)/t12-,15+/m0/s1. The summed E-state index contributed by atoms with van der Waals surface area (Å²) in [5.41, 5.74) is 14.0. The van der Waals surface area contributed by atoms with Crippen LogP contribution in [0.3, 0.4) is 0 Å². The van der Waals surface area contributed by atoms with Crippen LogP contribution in [-0.4, -0.2) is 56.4 Å². The first-order chi connectivity index (χ1) is 14.9. The Hall–Kier alpha value is -2.14. The highest BCUT2D eigenvalue weighted by Gasteiger charge is 2.47. The molecule has 0 bridgehead atoms. The van der Waals surface area contributed by atoms with Crippen LogP contribution in [0.15, 0.2) is 28.5 Å². The molecule has 5 rings (SSSR count). The molecule has 0 aromatic carbocycles. The summed E-state index contributed by atoms with van der Waals surface area (Å²) in [5.74, 6) is 1.15. The Balaban J connectivity index is 1.45. The number of nitrogens with zero attached hydrogens (tertiary/aromatic N) is 6. The molecular weight excluding hydrogens is 436 g/mol. The largest absolute Gasteiger partial charge is 0.382 e. The maximum atomic E-state index is 6.47. The van der Waals surface area contributed by atoms with Gasteiger partial charge in [-0.15, -0.1) is 10.2 Å². The van der Waals surface area contributed by atoms with Gasteiger partial charge in [-0.3, -0.25) is 4.40 Å². The van der Waals surface area contributed by atoms with Crippen LogP contribution < -0.4 is 16.4 Å². The molecule has 3 aromatic heterocycles. The SMILES string of the molecule is Cc1nc(N2CCC3(CC2)CO[C@@H](C)[C@H]3N)c2nncn2c1Sc1ccnc(N)c1Cl. The van der Waals surface area contributed by atoms with Crippen molar-refractivity contribution in [2.45, 2.75) is 48.8 Å². The summed E-state index contributed by atoms with van der Waals surface area (Å²) in [6, 6.07) is 1.92. The molecule has 0 saturated carbocycles. The first kappa shape index (κ1) is 20.7. The van der Waals surface area contributed by atoms with E-state index in [0.29, 0.717) is 10.8 Å². The highest BCUT2D eigenvalue weighted by molar-refractivity contribution is 7.99. The maximum Gasteiger partial charge on any atom is 0.204 e. The van der Waals surface area contributed by atoms with Gasteiger partial charge in [-0.2, -0.15) is 0 Å². The van der Waals surface area contributed by atoms with Crippen LogP contribution in [0.5, 0.6) is 0 Å². The number of hydrogen-bond donors (Lipinski definition) is 2. The van der Waals surface area contributed by atoms with Gasteiger partial charge < -0.3 is 21.1 Å². The molecule has 164 valence electrons. The fraction of sp³-hybridized carbons (Fsp3) is 0.500. The van der Waals surface area contributed by atoms with Crippen LogP contribution in [0.4, 0.5) is 11.6 Å². The zero-order valence-electron chi connectivity index (χ0n) is 17.5. The molecule has 4 N–H and O–H groups in total. The molecule has 2 aliphatic rings. The monoisotopic (exact) mass is 460 g/mol. The van der Waals surface area contributed by atoms with Crippen LogP contribution in [-0.2, 0) is 4.74 Å². The summed E-state index contributed by atoms with van der Waals surface area (Å²) in [6.45, 7) is 6.50. The molecule has 0 amide bonds. The van der Waals surface area contributed by atoms with Gasteiger partial charge in [-0.05, 0) is 32.8 Å². The lowest BCUT2D eigenvalue weighted by molar-refractivity contribution is 0.0974. The van der Waals surface area contributed by atoms with Crippen molar-refractivity contribution in [1.29, 1.82) is 0 Å². The van der Waals surface area contributed by atoms with Crippen LogP contribution >= 0.6 is 23.4 Å². The molecule has 0 aliphatic carbocycles. The van der Waals surface area contributed by atoms with E-state index in [1.54, 1.807) is 12.5 Å². The first-order valence-corrected chi connectivity index (χ1v) is 11.5. The number of anilines is 2. The summed E-state index contributed by atoms with van der Waals surface area (Å²) in [4.78, 5) is 12.0. The highest BCUT2D eigenvalue weighted by Crippen LogP contribution is 2.43. The number of pyridine rings is 1. The van der Waals surface area contributed by atoms with E-state index in [9.17, 15) is 0 Å². The van der Waals surface area contributed by atoms with Crippen LogP contribution in [0, 0.1) is 12.3 Å². The van der Waals surface area contributed by atoms with Crippen molar-refractivity contribution >= 4 is 40.6 Å². The van der Waals surface area contributed by atoms with E-state index in [-0.39, 0.29) is 17.6 Å². The Morgan fingerprint density at radius 2 is 2.10 bits per heavy atom. The van der Waals surface area contributed by atoms with Gasteiger partial charge >= 0.3 is 0 Å². The second-order valence-electron chi connectivity index (χ2n) is 8.35. The second kappa shape index (κ2) is 7.77. The van der Waals surface area contributed by atoms with E-state index in [4.69, 9.17) is 32.8 Å². The smallest absolute Gasteiger partial charge is 0.204 e. The van der Waals surface area contributed by atoms with Gasteiger partial charge in [0.05, 0.1) is 23.4 Å². The van der Waals surface area contributed by atoms with Gasteiger partial charge in [-0.1, -0.05) is 23.4 Å². The summed E-state index contributed by atoms with van der Waals surface area (Å²) in [7, 11) is 0. The van der Waals surface area contributed by atoms with Gasteiger partial charge in [0.15, 0.2) is 5.82 Å². The van der Waals surface area contributed by atoms with Crippen molar-refractivity contribution in [1.82, 2.24) is 24.6 Å².